The second-order valence-corrected chi connectivity index (χ2v) is 16.4. The normalized spacial score (nSPS) is 11.4. The second kappa shape index (κ2) is 13.9. The Morgan fingerprint density at radius 3 is 0.705 bits per heavy atom. The standard InChI is InChI=1S/C38H34O4Si2/c1-7-19-33(20-8-1)39-43(37-27-15-5-16-28-37,40-34-21-9-2-10-22-34)31-32-44(38-29-17-6-18-30-38,41-35-23-11-3-12-24-35)42-36-25-13-4-14-26-36/h1-30H,31-32H2. The van der Waals surface area contributed by atoms with Gasteiger partial charge in [0, 0.05) is 22.5 Å². The van der Waals surface area contributed by atoms with Crippen LogP contribution >= 0.6 is 0 Å². The van der Waals surface area contributed by atoms with E-state index in [-0.39, 0.29) is 0 Å². The van der Waals surface area contributed by atoms with E-state index in [0.717, 1.165) is 33.4 Å². The predicted molar refractivity (Wildman–Crippen MR) is 182 cm³/mol. The van der Waals surface area contributed by atoms with Crippen LogP contribution in [0.5, 0.6) is 23.0 Å². The molecule has 0 unspecified atom stereocenters. The molecular formula is C38H34O4Si2. The summed E-state index contributed by atoms with van der Waals surface area (Å²) in [5.74, 6) is 3.05. The van der Waals surface area contributed by atoms with Gasteiger partial charge in [-0.1, -0.05) is 133 Å². The van der Waals surface area contributed by atoms with Gasteiger partial charge in [0.1, 0.15) is 23.0 Å². The summed E-state index contributed by atoms with van der Waals surface area (Å²) in [6.45, 7) is 0. The fourth-order valence-corrected chi connectivity index (χ4v) is 12.8. The molecule has 0 aliphatic rings. The van der Waals surface area contributed by atoms with E-state index in [9.17, 15) is 0 Å². The maximum Gasteiger partial charge on any atom is 0.495 e. The summed E-state index contributed by atoms with van der Waals surface area (Å²) >= 11 is 0. The Bertz CT molecular complexity index is 1480. The minimum atomic E-state index is -3.26. The highest BCUT2D eigenvalue weighted by molar-refractivity contribution is 6.87. The van der Waals surface area contributed by atoms with Crippen molar-refractivity contribution in [1.29, 1.82) is 0 Å². The van der Waals surface area contributed by atoms with Crippen molar-refractivity contribution in [2.75, 3.05) is 0 Å². The number of hydrogen-bond acceptors (Lipinski definition) is 4. The molecule has 0 aliphatic heterocycles. The van der Waals surface area contributed by atoms with Gasteiger partial charge in [-0.25, -0.2) is 0 Å². The van der Waals surface area contributed by atoms with Gasteiger partial charge in [-0.15, -0.1) is 0 Å². The largest absolute Gasteiger partial charge is 0.509 e. The minimum Gasteiger partial charge on any atom is -0.509 e. The summed E-state index contributed by atoms with van der Waals surface area (Å²) < 4.78 is 28.2. The highest BCUT2D eigenvalue weighted by atomic mass is 28.4. The zero-order chi connectivity index (χ0) is 29.9. The molecule has 4 nitrogen and oxygen atoms in total. The molecule has 0 atom stereocenters. The SMILES string of the molecule is c1ccc(O[Si](CC[Si](Oc2ccccc2)(Oc2ccccc2)c2ccccc2)(Oc2ccccc2)c2ccccc2)cc1. The number of benzene rings is 6. The lowest BCUT2D eigenvalue weighted by molar-refractivity contribution is 0.381. The van der Waals surface area contributed by atoms with E-state index in [1.54, 1.807) is 0 Å². The third kappa shape index (κ3) is 7.11. The smallest absolute Gasteiger partial charge is 0.495 e. The van der Waals surface area contributed by atoms with E-state index in [0.29, 0.717) is 12.1 Å². The zero-order valence-corrected chi connectivity index (χ0v) is 26.4. The van der Waals surface area contributed by atoms with Crippen molar-refractivity contribution in [1.82, 2.24) is 0 Å². The number of rotatable bonds is 13. The first-order valence-corrected chi connectivity index (χ1v) is 18.9. The Morgan fingerprint density at radius 1 is 0.273 bits per heavy atom. The van der Waals surface area contributed by atoms with Gasteiger partial charge in [0.05, 0.1) is 0 Å². The molecule has 0 saturated heterocycles. The van der Waals surface area contributed by atoms with Crippen LogP contribution in [0, 0.1) is 0 Å². The van der Waals surface area contributed by atoms with E-state index in [4.69, 9.17) is 17.7 Å². The van der Waals surface area contributed by atoms with E-state index in [2.05, 4.69) is 24.3 Å². The summed E-state index contributed by atoms with van der Waals surface area (Å²) in [6.07, 6.45) is 0. The molecule has 0 saturated carbocycles. The van der Waals surface area contributed by atoms with Crippen LogP contribution in [-0.4, -0.2) is 17.1 Å². The van der Waals surface area contributed by atoms with Crippen LogP contribution in [0.3, 0.4) is 0 Å². The molecule has 0 aromatic heterocycles. The fraction of sp³-hybridized carbons (Fsp3) is 0.0526. The van der Waals surface area contributed by atoms with Gasteiger partial charge >= 0.3 is 17.1 Å². The molecule has 44 heavy (non-hydrogen) atoms. The summed E-state index contributed by atoms with van der Waals surface area (Å²) in [6, 6.07) is 61.6. The van der Waals surface area contributed by atoms with Gasteiger partial charge in [0.25, 0.3) is 0 Å². The molecule has 6 aromatic rings. The molecule has 0 aliphatic carbocycles. The van der Waals surface area contributed by atoms with Gasteiger partial charge in [-0.05, 0) is 48.5 Å². The lowest BCUT2D eigenvalue weighted by Gasteiger charge is -2.36. The van der Waals surface area contributed by atoms with Crippen molar-refractivity contribution in [3.8, 4) is 23.0 Å². The van der Waals surface area contributed by atoms with Gasteiger partial charge in [0.2, 0.25) is 0 Å². The average Bonchev–Trinajstić information content (AvgIpc) is 3.10. The van der Waals surface area contributed by atoms with Crippen LogP contribution in [0.2, 0.25) is 12.1 Å². The predicted octanol–water partition coefficient (Wildman–Crippen LogP) is 8.00. The summed E-state index contributed by atoms with van der Waals surface area (Å²) in [7, 11) is -6.51. The van der Waals surface area contributed by atoms with Crippen molar-refractivity contribution >= 4 is 27.5 Å². The molecule has 0 amide bonds. The fourth-order valence-electron chi connectivity index (χ4n) is 5.20. The van der Waals surface area contributed by atoms with Crippen LogP contribution in [0.25, 0.3) is 0 Å². The topological polar surface area (TPSA) is 36.9 Å². The second-order valence-electron chi connectivity index (χ2n) is 10.4. The Labute approximate surface area is 261 Å². The van der Waals surface area contributed by atoms with Crippen molar-refractivity contribution in [3.63, 3.8) is 0 Å². The first-order valence-electron chi connectivity index (χ1n) is 14.8. The monoisotopic (exact) mass is 610 g/mol. The molecular weight excluding hydrogens is 577 g/mol. The van der Waals surface area contributed by atoms with Crippen LogP contribution in [0.15, 0.2) is 182 Å². The molecule has 218 valence electrons. The van der Waals surface area contributed by atoms with Gasteiger partial charge in [-0.2, -0.15) is 0 Å². The number of para-hydroxylation sites is 4. The summed E-state index contributed by atoms with van der Waals surface area (Å²) in [5, 5.41) is 2.06. The molecule has 6 aromatic carbocycles. The Kier molecular flexibility index (Phi) is 9.21. The molecule has 0 spiro atoms. The maximum atomic E-state index is 7.05. The zero-order valence-electron chi connectivity index (χ0n) is 24.4. The highest BCUT2D eigenvalue weighted by Crippen LogP contribution is 2.30. The average molecular weight is 611 g/mol. The van der Waals surface area contributed by atoms with E-state index < -0.39 is 17.1 Å². The quantitative estimate of drug-likeness (QED) is 0.124. The lowest BCUT2D eigenvalue weighted by Crippen LogP contribution is -2.64. The molecule has 6 heteroatoms. The van der Waals surface area contributed by atoms with Crippen molar-refractivity contribution in [3.05, 3.63) is 182 Å². The van der Waals surface area contributed by atoms with Gasteiger partial charge < -0.3 is 17.7 Å². The highest BCUT2D eigenvalue weighted by Gasteiger charge is 2.52. The first-order chi connectivity index (χ1) is 21.7. The molecule has 0 radical (unpaired) electrons. The third-order valence-electron chi connectivity index (χ3n) is 7.31. The Balaban J connectivity index is 1.49. The lowest BCUT2D eigenvalue weighted by atomic mass is 10.3. The maximum absolute atomic E-state index is 7.05. The van der Waals surface area contributed by atoms with E-state index >= 15 is 0 Å². The van der Waals surface area contributed by atoms with Crippen LogP contribution in [0.1, 0.15) is 0 Å². The van der Waals surface area contributed by atoms with Crippen LogP contribution in [0.4, 0.5) is 0 Å². The molecule has 0 N–H and O–H groups in total. The molecule has 0 bridgehead atoms. The first kappa shape index (κ1) is 29.0. The summed E-state index contributed by atoms with van der Waals surface area (Å²) in [5.41, 5.74) is 0. The van der Waals surface area contributed by atoms with Gasteiger partial charge in [-0.3, -0.25) is 0 Å². The van der Waals surface area contributed by atoms with Crippen LogP contribution < -0.4 is 28.1 Å². The van der Waals surface area contributed by atoms with Crippen molar-refractivity contribution < 1.29 is 17.7 Å². The third-order valence-corrected chi connectivity index (χ3v) is 14.3. The Hall–Kier alpha value is -5.05. The van der Waals surface area contributed by atoms with Crippen molar-refractivity contribution in [2.45, 2.75) is 12.1 Å². The van der Waals surface area contributed by atoms with E-state index in [1.807, 2.05) is 158 Å². The van der Waals surface area contributed by atoms with Crippen LogP contribution in [-0.2, 0) is 0 Å². The van der Waals surface area contributed by atoms with E-state index in [1.165, 1.54) is 0 Å². The van der Waals surface area contributed by atoms with Gasteiger partial charge in [0.15, 0.2) is 0 Å². The minimum absolute atomic E-state index is 0.571. The number of hydrogen-bond donors (Lipinski definition) is 0. The van der Waals surface area contributed by atoms with Crippen molar-refractivity contribution in [2.24, 2.45) is 0 Å². The summed E-state index contributed by atoms with van der Waals surface area (Å²) in [4.78, 5) is 0. The molecule has 0 fully saturated rings. The Morgan fingerprint density at radius 2 is 0.477 bits per heavy atom. The molecule has 0 heterocycles. The molecule has 6 rings (SSSR count).